The fourth-order valence-electron chi connectivity index (χ4n) is 6.88. The standard InChI is InChI=1S/C32H57N7O7S/c1-12-14-20(24(40)27(42)33-10)34-26(41)23-22-19(32(22,8)9)17-39(23)28(43)25(31(5,6)7)36-29(44)35-21(30(2,3)4)18-38-16-13-15-37(11)47(38,45)46/h19-23,25H,12-18H2,1-11H3,(H,33,42)(H,34,41)(H2,35,36,44)/t19-,20?,21+,22-,23-,25+/m0/s1. The lowest BCUT2D eigenvalue weighted by atomic mass is 9.85. The molecule has 0 radical (unpaired) electrons. The Hall–Kier alpha value is -2.78. The number of piperidine rings is 1. The number of amides is 5. The first kappa shape index (κ1) is 38.7. The van der Waals surface area contributed by atoms with Crippen molar-refractivity contribution < 1.29 is 32.4 Å². The summed E-state index contributed by atoms with van der Waals surface area (Å²) in [6.45, 7) is 18.3. The summed E-state index contributed by atoms with van der Waals surface area (Å²) < 4.78 is 28.6. The van der Waals surface area contributed by atoms with Crippen molar-refractivity contribution in [3.8, 4) is 0 Å². The third-order valence-corrected chi connectivity index (χ3v) is 12.1. The number of likely N-dealkylation sites (tertiary alicyclic amines) is 1. The van der Waals surface area contributed by atoms with Crippen molar-refractivity contribution in [3.63, 3.8) is 0 Å². The van der Waals surface area contributed by atoms with Gasteiger partial charge >= 0.3 is 6.03 Å². The summed E-state index contributed by atoms with van der Waals surface area (Å²) >= 11 is 0. The molecule has 1 saturated carbocycles. The molecule has 4 N–H and O–H groups in total. The Morgan fingerprint density at radius 2 is 1.55 bits per heavy atom. The normalized spacial score (nSPS) is 25.9. The number of likely N-dealkylation sites (N-methyl/N-ethyl adjacent to an activating group) is 1. The molecule has 3 fully saturated rings. The van der Waals surface area contributed by atoms with Crippen molar-refractivity contribution >= 4 is 39.7 Å². The number of hydrogen-bond acceptors (Lipinski definition) is 7. The minimum atomic E-state index is -3.66. The zero-order valence-electron chi connectivity index (χ0n) is 30.0. The van der Waals surface area contributed by atoms with E-state index < -0.39 is 74.7 Å². The number of urea groups is 1. The van der Waals surface area contributed by atoms with Gasteiger partial charge in [0.15, 0.2) is 0 Å². The number of fused-ring (bicyclic) bond motifs is 1. The van der Waals surface area contributed by atoms with E-state index in [1.54, 1.807) is 0 Å². The second kappa shape index (κ2) is 14.0. The van der Waals surface area contributed by atoms with Gasteiger partial charge < -0.3 is 26.2 Å². The van der Waals surface area contributed by atoms with Gasteiger partial charge in [-0.05, 0) is 40.9 Å². The molecule has 1 unspecified atom stereocenters. The van der Waals surface area contributed by atoms with Gasteiger partial charge in [-0.1, -0.05) is 68.7 Å². The molecule has 0 aromatic rings. The Labute approximate surface area is 280 Å². The molecule has 268 valence electrons. The van der Waals surface area contributed by atoms with Gasteiger partial charge in [-0.25, -0.2) is 4.79 Å². The highest BCUT2D eigenvalue weighted by molar-refractivity contribution is 7.86. The zero-order valence-corrected chi connectivity index (χ0v) is 30.8. The predicted molar refractivity (Wildman–Crippen MR) is 178 cm³/mol. The lowest BCUT2D eigenvalue weighted by Crippen LogP contribution is -2.63. The first-order valence-electron chi connectivity index (χ1n) is 16.6. The van der Waals surface area contributed by atoms with Crippen molar-refractivity contribution in [2.75, 3.05) is 40.3 Å². The van der Waals surface area contributed by atoms with E-state index in [0.29, 0.717) is 32.5 Å². The van der Waals surface area contributed by atoms with Crippen LogP contribution in [0.1, 0.15) is 81.6 Å². The van der Waals surface area contributed by atoms with Gasteiger partial charge in [0.2, 0.25) is 17.6 Å². The fourth-order valence-corrected chi connectivity index (χ4v) is 8.33. The SMILES string of the molecule is CCCC(NC(=O)[C@@H]1[C@@H]2[C@H](CN1C(=O)[C@@H](NC(=O)N[C@H](CN1CCCN(C)S1(=O)=O)C(C)(C)C)C(C)(C)C)C2(C)C)C(=O)C(=O)NC. The van der Waals surface area contributed by atoms with Crippen LogP contribution in [0.5, 0.6) is 0 Å². The topological polar surface area (TPSA) is 177 Å². The largest absolute Gasteiger partial charge is 0.353 e. The number of ketones is 1. The second-order valence-corrected chi connectivity index (χ2v) is 18.1. The lowest BCUT2D eigenvalue weighted by molar-refractivity contribution is -0.145. The van der Waals surface area contributed by atoms with Crippen LogP contribution in [-0.2, 0) is 29.4 Å². The number of carbonyl (C=O) groups is 5. The predicted octanol–water partition coefficient (Wildman–Crippen LogP) is 1.08. The Bertz CT molecular complexity index is 1340. The third-order valence-electron chi connectivity index (χ3n) is 10.1. The number of nitrogens with one attached hydrogen (secondary N) is 4. The van der Waals surface area contributed by atoms with E-state index >= 15 is 0 Å². The summed E-state index contributed by atoms with van der Waals surface area (Å²) in [5, 5.41) is 10.9. The number of rotatable bonds is 11. The maximum atomic E-state index is 14.3. The first-order chi connectivity index (χ1) is 21.5. The first-order valence-corrected chi connectivity index (χ1v) is 18.0. The van der Waals surface area contributed by atoms with Crippen LogP contribution in [0.15, 0.2) is 0 Å². The van der Waals surface area contributed by atoms with E-state index in [1.165, 1.54) is 27.6 Å². The zero-order chi connectivity index (χ0) is 35.9. The molecular formula is C32H57N7O7S. The van der Waals surface area contributed by atoms with Gasteiger partial charge in [0.05, 0.1) is 6.04 Å². The van der Waals surface area contributed by atoms with Crippen LogP contribution in [0.2, 0.25) is 0 Å². The van der Waals surface area contributed by atoms with Crippen LogP contribution >= 0.6 is 0 Å². The molecule has 3 rings (SSSR count). The molecule has 0 aromatic heterocycles. The summed E-state index contributed by atoms with van der Waals surface area (Å²) in [6, 6.07) is -4.12. The third kappa shape index (κ3) is 8.27. The number of hydrogen-bond donors (Lipinski definition) is 4. The summed E-state index contributed by atoms with van der Waals surface area (Å²) in [7, 11) is -0.770. The van der Waals surface area contributed by atoms with Gasteiger partial charge in [0, 0.05) is 46.3 Å². The molecule has 6 atom stereocenters. The maximum absolute atomic E-state index is 14.3. The molecule has 5 amide bonds. The van der Waals surface area contributed by atoms with Gasteiger partial charge in [-0.15, -0.1) is 0 Å². The van der Waals surface area contributed by atoms with Crippen molar-refractivity contribution in [1.82, 2.24) is 34.8 Å². The molecular weight excluding hydrogens is 626 g/mol. The van der Waals surface area contributed by atoms with E-state index in [4.69, 9.17) is 0 Å². The molecule has 14 nitrogen and oxygen atoms in total. The fraction of sp³-hybridized carbons (Fsp3) is 0.844. The molecule has 3 aliphatic rings. The van der Waals surface area contributed by atoms with Gasteiger partial charge in [0.1, 0.15) is 12.1 Å². The van der Waals surface area contributed by atoms with Crippen LogP contribution in [0.3, 0.4) is 0 Å². The highest BCUT2D eigenvalue weighted by Crippen LogP contribution is 2.65. The van der Waals surface area contributed by atoms with Crippen molar-refractivity contribution in [3.05, 3.63) is 0 Å². The van der Waals surface area contributed by atoms with E-state index in [-0.39, 0.29) is 30.2 Å². The van der Waals surface area contributed by atoms with Crippen LogP contribution in [0.4, 0.5) is 4.79 Å². The summed E-state index contributed by atoms with van der Waals surface area (Å²) in [4.78, 5) is 68.1. The number of carbonyl (C=O) groups excluding carboxylic acids is 5. The summed E-state index contributed by atoms with van der Waals surface area (Å²) in [5.41, 5.74) is -1.47. The molecule has 0 spiro atoms. The van der Waals surface area contributed by atoms with E-state index in [1.807, 2.05) is 62.3 Å². The van der Waals surface area contributed by atoms with E-state index in [0.717, 1.165) is 0 Å². The lowest BCUT2D eigenvalue weighted by Gasteiger charge is -2.40. The second-order valence-electron chi connectivity index (χ2n) is 16.1. The molecule has 0 aromatic carbocycles. The Morgan fingerprint density at radius 1 is 0.936 bits per heavy atom. The van der Waals surface area contributed by atoms with Crippen LogP contribution in [-0.4, -0.2) is 116 Å². The average molecular weight is 684 g/mol. The monoisotopic (exact) mass is 683 g/mol. The molecule has 0 bridgehead atoms. The van der Waals surface area contributed by atoms with Crippen LogP contribution in [0.25, 0.3) is 0 Å². The smallest absolute Gasteiger partial charge is 0.315 e. The average Bonchev–Trinajstić information content (AvgIpc) is 3.27. The highest BCUT2D eigenvalue weighted by atomic mass is 32.2. The maximum Gasteiger partial charge on any atom is 0.315 e. The molecule has 15 heteroatoms. The highest BCUT2D eigenvalue weighted by Gasteiger charge is 2.70. The quantitative estimate of drug-likeness (QED) is 0.236. The minimum absolute atomic E-state index is 0.0609. The molecule has 2 aliphatic heterocycles. The van der Waals surface area contributed by atoms with E-state index in [9.17, 15) is 32.4 Å². The number of nitrogens with zero attached hydrogens (tertiary/aromatic N) is 3. The van der Waals surface area contributed by atoms with Gasteiger partial charge in [-0.2, -0.15) is 17.0 Å². The molecule has 1 aliphatic carbocycles. The molecule has 2 saturated heterocycles. The Kier molecular flexibility index (Phi) is 11.5. The number of Topliss-reactive ketones (excluding diaryl/α,β-unsaturated/α-hetero) is 1. The van der Waals surface area contributed by atoms with Gasteiger partial charge in [0.25, 0.3) is 16.1 Å². The summed E-state index contributed by atoms with van der Waals surface area (Å²) in [6.07, 6.45) is 1.49. The van der Waals surface area contributed by atoms with Crippen LogP contribution in [0, 0.1) is 28.1 Å². The molecule has 2 heterocycles. The summed E-state index contributed by atoms with van der Waals surface area (Å²) in [5.74, 6) is -2.54. The van der Waals surface area contributed by atoms with Crippen molar-refractivity contribution in [1.29, 1.82) is 0 Å². The minimum Gasteiger partial charge on any atom is -0.353 e. The molecule has 47 heavy (non-hydrogen) atoms. The Balaban J connectivity index is 1.83. The van der Waals surface area contributed by atoms with E-state index in [2.05, 4.69) is 21.3 Å². The van der Waals surface area contributed by atoms with Gasteiger partial charge in [-0.3, -0.25) is 19.2 Å². The van der Waals surface area contributed by atoms with Crippen molar-refractivity contribution in [2.45, 2.75) is 106 Å². The Morgan fingerprint density at radius 3 is 2.09 bits per heavy atom. The van der Waals surface area contributed by atoms with Crippen molar-refractivity contribution in [2.24, 2.45) is 28.1 Å². The van der Waals surface area contributed by atoms with Crippen LogP contribution < -0.4 is 21.3 Å².